The fraction of sp³-hybridized carbons (Fsp3) is 0.533. The minimum atomic E-state index is 0.553. The molecule has 0 radical (unpaired) electrons. The van der Waals surface area contributed by atoms with Crippen LogP contribution in [0, 0.1) is 11.3 Å². The van der Waals surface area contributed by atoms with Gasteiger partial charge in [-0.15, -0.1) is 0 Å². The molecule has 1 aliphatic heterocycles. The van der Waals surface area contributed by atoms with E-state index >= 15 is 0 Å². The van der Waals surface area contributed by atoms with E-state index in [0.29, 0.717) is 19.1 Å². The highest BCUT2D eigenvalue weighted by atomic mass is 32.2. The van der Waals surface area contributed by atoms with Crippen molar-refractivity contribution in [2.45, 2.75) is 31.7 Å². The normalized spacial score (nSPS) is 18.6. The van der Waals surface area contributed by atoms with Gasteiger partial charge in [-0.1, -0.05) is 6.07 Å². The van der Waals surface area contributed by atoms with Gasteiger partial charge in [0.25, 0.3) is 0 Å². The van der Waals surface area contributed by atoms with E-state index in [0.717, 1.165) is 17.9 Å². The minimum absolute atomic E-state index is 0.553. The highest BCUT2D eigenvalue weighted by Gasteiger charge is 2.13. The summed E-state index contributed by atoms with van der Waals surface area (Å²) in [5, 5.41) is 12.0. The molecule has 1 aromatic carbocycles. The van der Waals surface area contributed by atoms with E-state index in [2.05, 4.69) is 17.5 Å². The van der Waals surface area contributed by atoms with Gasteiger partial charge >= 0.3 is 0 Å². The van der Waals surface area contributed by atoms with Crippen LogP contribution >= 0.6 is 11.8 Å². The molecule has 1 N–H and O–H groups in total. The first-order valence-electron chi connectivity index (χ1n) is 6.82. The number of nitrogens with zero attached hydrogens (tertiary/aromatic N) is 1. The summed E-state index contributed by atoms with van der Waals surface area (Å²) in [6.07, 6.45) is 3.89. The van der Waals surface area contributed by atoms with Gasteiger partial charge < -0.3 is 10.1 Å². The molecule has 1 atom stereocenters. The lowest BCUT2D eigenvalue weighted by Crippen LogP contribution is -2.25. The second kappa shape index (κ2) is 7.96. The fourth-order valence-electron chi connectivity index (χ4n) is 2.11. The third kappa shape index (κ3) is 5.04. The monoisotopic (exact) mass is 276 g/mol. The Morgan fingerprint density at radius 2 is 2.42 bits per heavy atom. The smallest absolute Gasteiger partial charge is 0.121 e. The van der Waals surface area contributed by atoms with Gasteiger partial charge in [0.1, 0.15) is 5.75 Å². The van der Waals surface area contributed by atoms with Gasteiger partial charge in [0.2, 0.25) is 0 Å². The summed E-state index contributed by atoms with van der Waals surface area (Å²) in [4.78, 5) is 0. The maximum Gasteiger partial charge on any atom is 0.121 e. The quantitative estimate of drug-likeness (QED) is 0.805. The first-order chi connectivity index (χ1) is 9.38. The van der Waals surface area contributed by atoms with Crippen molar-refractivity contribution in [1.82, 2.24) is 0 Å². The summed E-state index contributed by atoms with van der Waals surface area (Å²) in [6.45, 7) is 0.607. The standard InChI is InChI=1S/C15H20N2OS/c16-8-1-2-9-18-15-7-3-5-13(11-15)17-14-6-4-10-19-12-14/h3,5,7,11,14,17H,1-2,4,6,9-10,12H2. The molecule has 2 rings (SSSR count). The maximum absolute atomic E-state index is 8.47. The number of anilines is 1. The van der Waals surface area contributed by atoms with Crippen LogP contribution in [0.2, 0.25) is 0 Å². The van der Waals surface area contributed by atoms with Crippen LogP contribution in [0.25, 0.3) is 0 Å². The van der Waals surface area contributed by atoms with Crippen LogP contribution in [-0.2, 0) is 0 Å². The number of unbranched alkanes of at least 4 members (excludes halogenated alkanes) is 1. The second-order valence-electron chi connectivity index (χ2n) is 4.70. The summed E-state index contributed by atoms with van der Waals surface area (Å²) in [7, 11) is 0. The molecular weight excluding hydrogens is 256 g/mol. The minimum Gasteiger partial charge on any atom is -0.493 e. The van der Waals surface area contributed by atoms with Crippen LogP contribution in [0.4, 0.5) is 5.69 Å². The number of nitrogens with one attached hydrogen (secondary N) is 1. The molecule has 0 saturated carbocycles. The van der Waals surface area contributed by atoms with Crippen LogP contribution in [0.15, 0.2) is 24.3 Å². The van der Waals surface area contributed by atoms with Crippen molar-refractivity contribution in [3.8, 4) is 11.8 Å². The largest absolute Gasteiger partial charge is 0.493 e. The Morgan fingerprint density at radius 1 is 1.47 bits per heavy atom. The van der Waals surface area contributed by atoms with Crippen LogP contribution in [0.1, 0.15) is 25.7 Å². The Kier molecular flexibility index (Phi) is 5.90. The number of ether oxygens (including phenoxy) is 1. The predicted octanol–water partition coefficient (Wildman–Crippen LogP) is 3.68. The molecule has 0 aliphatic carbocycles. The zero-order chi connectivity index (χ0) is 13.3. The molecule has 102 valence electrons. The highest BCUT2D eigenvalue weighted by Crippen LogP contribution is 2.23. The lowest BCUT2D eigenvalue weighted by Gasteiger charge is -2.23. The molecule has 3 nitrogen and oxygen atoms in total. The molecule has 0 bridgehead atoms. The van der Waals surface area contributed by atoms with Crippen molar-refractivity contribution in [2.24, 2.45) is 0 Å². The maximum atomic E-state index is 8.47. The van der Waals surface area contributed by atoms with Gasteiger partial charge in [0.05, 0.1) is 12.7 Å². The molecule has 1 aliphatic rings. The summed E-state index contributed by atoms with van der Waals surface area (Å²) in [5.74, 6) is 3.36. The molecular formula is C15H20N2OS. The predicted molar refractivity (Wildman–Crippen MR) is 80.8 cm³/mol. The van der Waals surface area contributed by atoms with Crippen LogP contribution < -0.4 is 10.1 Å². The first-order valence-corrected chi connectivity index (χ1v) is 7.98. The number of hydrogen-bond donors (Lipinski definition) is 1. The fourth-order valence-corrected chi connectivity index (χ4v) is 3.18. The van der Waals surface area contributed by atoms with E-state index in [9.17, 15) is 0 Å². The van der Waals surface area contributed by atoms with Crippen molar-refractivity contribution in [2.75, 3.05) is 23.4 Å². The average Bonchev–Trinajstić information content (AvgIpc) is 2.45. The summed E-state index contributed by atoms with van der Waals surface area (Å²) in [6, 6.07) is 10.8. The van der Waals surface area contributed by atoms with E-state index in [4.69, 9.17) is 10.00 Å². The third-order valence-electron chi connectivity index (χ3n) is 3.07. The van der Waals surface area contributed by atoms with Crippen LogP contribution in [0.3, 0.4) is 0 Å². The zero-order valence-electron chi connectivity index (χ0n) is 11.1. The number of benzene rings is 1. The molecule has 1 aromatic rings. The molecule has 0 spiro atoms. The van der Waals surface area contributed by atoms with Crippen molar-refractivity contribution < 1.29 is 4.74 Å². The van der Waals surface area contributed by atoms with E-state index in [1.807, 2.05) is 30.0 Å². The number of rotatable bonds is 6. The van der Waals surface area contributed by atoms with Gasteiger partial charge in [-0.3, -0.25) is 0 Å². The second-order valence-corrected chi connectivity index (χ2v) is 5.85. The molecule has 1 unspecified atom stereocenters. The van der Waals surface area contributed by atoms with Crippen molar-refractivity contribution in [3.63, 3.8) is 0 Å². The van der Waals surface area contributed by atoms with Crippen molar-refractivity contribution in [3.05, 3.63) is 24.3 Å². The topological polar surface area (TPSA) is 45.0 Å². The lowest BCUT2D eigenvalue weighted by molar-refractivity contribution is 0.313. The van der Waals surface area contributed by atoms with Crippen molar-refractivity contribution >= 4 is 17.4 Å². The molecule has 0 aromatic heterocycles. The van der Waals surface area contributed by atoms with Gasteiger partial charge in [-0.2, -0.15) is 17.0 Å². The first kappa shape index (κ1) is 14.1. The Bertz CT molecular complexity index is 424. The Balaban J connectivity index is 1.82. The van der Waals surface area contributed by atoms with Gasteiger partial charge in [-0.25, -0.2) is 0 Å². The Hall–Kier alpha value is -1.34. The van der Waals surface area contributed by atoms with Crippen molar-refractivity contribution in [1.29, 1.82) is 5.26 Å². The van der Waals surface area contributed by atoms with E-state index in [-0.39, 0.29) is 0 Å². The lowest BCUT2D eigenvalue weighted by atomic mass is 10.1. The van der Waals surface area contributed by atoms with Crippen LogP contribution in [-0.4, -0.2) is 24.2 Å². The summed E-state index contributed by atoms with van der Waals surface area (Å²) < 4.78 is 5.64. The summed E-state index contributed by atoms with van der Waals surface area (Å²) >= 11 is 2.02. The Labute approximate surface area is 119 Å². The van der Waals surface area contributed by atoms with Crippen LogP contribution in [0.5, 0.6) is 5.75 Å². The summed E-state index contributed by atoms with van der Waals surface area (Å²) in [5.41, 5.74) is 1.13. The van der Waals surface area contributed by atoms with Gasteiger partial charge in [-0.05, 0) is 37.1 Å². The van der Waals surface area contributed by atoms with E-state index in [1.165, 1.54) is 24.3 Å². The number of nitriles is 1. The number of hydrogen-bond acceptors (Lipinski definition) is 4. The third-order valence-corrected chi connectivity index (χ3v) is 4.28. The molecule has 1 fully saturated rings. The average molecular weight is 276 g/mol. The molecule has 1 saturated heterocycles. The molecule has 1 heterocycles. The highest BCUT2D eigenvalue weighted by molar-refractivity contribution is 7.99. The molecule has 0 amide bonds. The molecule has 4 heteroatoms. The number of thioether (sulfide) groups is 1. The SMILES string of the molecule is N#CCCCOc1cccc(NC2CCCSC2)c1. The van der Waals surface area contributed by atoms with Gasteiger partial charge in [0, 0.05) is 30.0 Å². The molecule has 19 heavy (non-hydrogen) atoms. The van der Waals surface area contributed by atoms with E-state index in [1.54, 1.807) is 0 Å². The Morgan fingerprint density at radius 3 is 3.21 bits per heavy atom. The zero-order valence-corrected chi connectivity index (χ0v) is 11.9. The van der Waals surface area contributed by atoms with Gasteiger partial charge in [0.15, 0.2) is 0 Å². The van der Waals surface area contributed by atoms with E-state index < -0.39 is 0 Å².